The van der Waals surface area contributed by atoms with Gasteiger partial charge in [-0.3, -0.25) is 0 Å². The number of carboxylic acids is 1. The van der Waals surface area contributed by atoms with Crippen molar-refractivity contribution in [3.63, 3.8) is 0 Å². The van der Waals surface area contributed by atoms with Crippen LogP contribution in [-0.4, -0.2) is 13.1 Å². The Labute approximate surface area is 111 Å². The van der Waals surface area contributed by atoms with E-state index in [-0.39, 0.29) is 56.3 Å². The van der Waals surface area contributed by atoms with Gasteiger partial charge < -0.3 is 14.6 Å². The third-order valence-electron chi connectivity index (χ3n) is 1.03. The van der Waals surface area contributed by atoms with Crippen molar-refractivity contribution < 1.29 is 66.0 Å². The van der Waals surface area contributed by atoms with Crippen LogP contribution in [-0.2, 0) is 0 Å². The van der Waals surface area contributed by atoms with Gasteiger partial charge in [-0.2, -0.15) is 0 Å². The Kier molecular flexibility index (Phi) is 5.58. The molecular formula is C6H5KO3S. The van der Waals surface area contributed by atoms with Crippen LogP contribution in [0.15, 0.2) is 11.4 Å². The minimum Gasteiger partial charge on any atom is -0.544 e. The third kappa shape index (κ3) is 2.85. The van der Waals surface area contributed by atoms with Gasteiger partial charge in [0.2, 0.25) is 0 Å². The summed E-state index contributed by atoms with van der Waals surface area (Å²) in [5.41, 5.74) is 0. The summed E-state index contributed by atoms with van der Waals surface area (Å²) in [7, 11) is 1.43. The maximum absolute atomic E-state index is 10.3. The number of methoxy groups -OCH3 is 1. The van der Waals surface area contributed by atoms with Crippen molar-refractivity contribution in [1.29, 1.82) is 0 Å². The Morgan fingerprint density at radius 1 is 1.73 bits per heavy atom. The average Bonchev–Trinajstić information content (AvgIpc) is 2.33. The van der Waals surface area contributed by atoms with Crippen molar-refractivity contribution in [2.75, 3.05) is 7.11 Å². The Morgan fingerprint density at radius 3 is 2.73 bits per heavy atom. The number of rotatable bonds is 2. The van der Waals surface area contributed by atoms with Gasteiger partial charge in [0.1, 0.15) is 5.75 Å². The summed E-state index contributed by atoms with van der Waals surface area (Å²) < 4.78 is 4.74. The van der Waals surface area contributed by atoms with E-state index in [9.17, 15) is 9.90 Å². The van der Waals surface area contributed by atoms with Gasteiger partial charge in [-0.1, -0.05) is 0 Å². The van der Waals surface area contributed by atoms with Gasteiger partial charge in [0.15, 0.2) is 0 Å². The van der Waals surface area contributed by atoms with Crippen LogP contribution >= 0.6 is 11.3 Å². The molecular weight excluding hydrogens is 191 g/mol. The second-order valence-electron chi connectivity index (χ2n) is 1.61. The Bertz CT molecular complexity index is 246. The maximum atomic E-state index is 10.3. The standard InChI is InChI=1S/C6H6O3S.K/c1-9-4-2-3-10-5(4)6(7)8;/h2-3H,1H3,(H,7,8);/q;+1/p-1. The Balaban J connectivity index is 0.000001000. The van der Waals surface area contributed by atoms with Crippen molar-refractivity contribution in [2.24, 2.45) is 0 Å². The molecule has 3 nitrogen and oxygen atoms in total. The van der Waals surface area contributed by atoms with Crippen LogP contribution in [0.4, 0.5) is 0 Å². The molecule has 0 aromatic carbocycles. The zero-order chi connectivity index (χ0) is 7.56. The van der Waals surface area contributed by atoms with Crippen LogP contribution in [0.5, 0.6) is 5.75 Å². The van der Waals surface area contributed by atoms with Crippen molar-refractivity contribution >= 4 is 17.3 Å². The Morgan fingerprint density at radius 2 is 2.36 bits per heavy atom. The fourth-order valence-electron chi connectivity index (χ4n) is 0.607. The number of carbonyl (C=O) groups excluding carboxylic acids is 1. The van der Waals surface area contributed by atoms with Gasteiger partial charge in [0.25, 0.3) is 0 Å². The van der Waals surface area contributed by atoms with Crippen LogP contribution in [0, 0.1) is 0 Å². The van der Waals surface area contributed by atoms with E-state index in [1.165, 1.54) is 7.11 Å². The van der Waals surface area contributed by atoms with Crippen molar-refractivity contribution in [3.05, 3.63) is 16.3 Å². The predicted molar refractivity (Wildman–Crippen MR) is 35.2 cm³/mol. The molecule has 1 rings (SSSR count). The molecule has 0 saturated carbocycles. The zero-order valence-corrected chi connectivity index (χ0v) is 10.2. The van der Waals surface area contributed by atoms with Crippen molar-refractivity contribution in [1.82, 2.24) is 0 Å². The fourth-order valence-corrected chi connectivity index (χ4v) is 1.30. The van der Waals surface area contributed by atoms with E-state index in [1.54, 1.807) is 11.4 Å². The van der Waals surface area contributed by atoms with Crippen LogP contribution in [0.25, 0.3) is 0 Å². The first-order valence-electron chi connectivity index (χ1n) is 2.58. The molecule has 11 heavy (non-hydrogen) atoms. The predicted octanol–water partition coefficient (Wildman–Crippen LogP) is -2.88. The molecule has 0 N–H and O–H groups in total. The van der Waals surface area contributed by atoms with E-state index >= 15 is 0 Å². The number of carbonyl (C=O) groups is 1. The Hall–Kier alpha value is 0.606. The fraction of sp³-hybridized carbons (Fsp3) is 0.167. The van der Waals surface area contributed by atoms with E-state index < -0.39 is 5.97 Å². The summed E-state index contributed by atoms with van der Waals surface area (Å²) in [5.74, 6) is -0.822. The van der Waals surface area contributed by atoms with Crippen LogP contribution in [0.3, 0.4) is 0 Å². The van der Waals surface area contributed by atoms with Gasteiger partial charge in [0, 0.05) is 0 Å². The molecule has 0 amide bonds. The summed E-state index contributed by atoms with van der Waals surface area (Å²) in [5, 5.41) is 11.9. The molecule has 5 heteroatoms. The first-order valence-corrected chi connectivity index (χ1v) is 3.46. The number of hydrogen-bond acceptors (Lipinski definition) is 4. The van der Waals surface area contributed by atoms with E-state index in [2.05, 4.69) is 0 Å². The largest absolute Gasteiger partial charge is 1.00 e. The first kappa shape index (κ1) is 11.6. The second-order valence-corrected chi connectivity index (χ2v) is 2.52. The number of ether oxygens (including phenoxy) is 1. The van der Waals surface area contributed by atoms with Gasteiger partial charge in [-0.15, -0.1) is 11.3 Å². The number of carboxylic acid groups (broad SMARTS) is 1. The molecule has 1 heterocycles. The van der Waals surface area contributed by atoms with Gasteiger partial charge >= 0.3 is 51.4 Å². The summed E-state index contributed by atoms with van der Waals surface area (Å²) >= 11 is 1.10. The van der Waals surface area contributed by atoms with Crippen molar-refractivity contribution in [2.45, 2.75) is 0 Å². The first-order chi connectivity index (χ1) is 4.75. The molecule has 1 aromatic heterocycles. The summed E-state index contributed by atoms with van der Waals surface area (Å²) in [6.07, 6.45) is 0. The molecule has 0 spiro atoms. The molecule has 0 saturated heterocycles. The number of hydrogen-bond donors (Lipinski definition) is 0. The van der Waals surface area contributed by atoms with Gasteiger partial charge in [-0.25, -0.2) is 0 Å². The average molecular weight is 196 g/mol. The molecule has 1 aromatic rings. The van der Waals surface area contributed by atoms with Crippen LogP contribution in [0.1, 0.15) is 9.67 Å². The van der Waals surface area contributed by atoms with E-state index in [0.29, 0.717) is 5.75 Å². The van der Waals surface area contributed by atoms with E-state index in [4.69, 9.17) is 4.74 Å². The SMILES string of the molecule is COc1ccsc1C(=O)[O-].[K+]. The summed E-state index contributed by atoms with van der Waals surface area (Å²) in [6.45, 7) is 0. The normalized spacial score (nSPS) is 8.45. The molecule has 0 radical (unpaired) electrons. The summed E-state index contributed by atoms with van der Waals surface area (Å²) in [4.78, 5) is 10.4. The minimum absolute atomic E-state index is 0. The molecule has 0 bridgehead atoms. The molecule has 0 aliphatic carbocycles. The molecule has 0 aliphatic heterocycles. The molecule has 0 unspecified atom stereocenters. The van der Waals surface area contributed by atoms with Crippen LogP contribution in [0.2, 0.25) is 0 Å². The smallest absolute Gasteiger partial charge is 0.544 e. The minimum atomic E-state index is -1.19. The van der Waals surface area contributed by atoms with Crippen molar-refractivity contribution in [3.8, 4) is 5.75 Å². The third-order valence-corrected chi connectivity index (χ3v) is 1.91. The van der Waals surface area contributed by atoms with Gasteiger partial charge in [0.05, 0.1) is 18.0 Å². The molecule has 0 atom stereocenters. The number of aromatic carboxylic acids is 1. The number of thiophene rings is 1. The zero-order valence-electron chi connectivity index (χ0n) is 6.29. The second kappa shape index (κ2) is 5.29. The maximum Gasteiger partial charge on any atom is 1.00 e. The topological polar surface area (TPSA) is 49.4 Å². The molecule has 0 aliphatic rings. The van der Waals surface area contributed by atoms with Gasteiger partial charge in [-0.05, 0) is 11.4 Å². The monoisotopic (exact) mass is 196 g/mol. The van der Waals surface area contributed by atoms with Crippen LogP contribution < -0.4 is 61.2 Å². The van der Waals surface area contributed by atoms with E-state index in [0.717, 1.165) is 11.3 Å². The molecule has 54 valence electrons. The quantitative estimate of drug-likeness (QED) is 0.478. The summed E-state index contributed by atoms with van der Waals surface area (Å²) in [6, 6.07) is 1.59. The van der Waals surface area contributed by atoms with E-state index in [1.807, 2.05) is 0 Å². The molecule has 0 fully saturated rings.